The van der Waals surface area contributed by atoms with Crippen LogP contribution in [0.25, 0.3) is 0 Å². The average Bonchev–Trinajstić information content (AvgIpc) is 2.66. The number of hydrogen-bond donors (Lipinski definition) is 1. The van der Waals surface area contributed by atoms with Crippen LogP contribution in [-0.4, -0.2) is 13.0 Å². The van der Waals surface area contributed by atoms with Gasteiger partial charge in [0.05, 0.1) is 7.11 Å². The molecule has 0 saturated heterocycles. The van der Waals surface area contributed by atoms with Gasteiger partial charge in [-0.05, 0) is 67.4 Å². The summed E-state index contributed by atoms with van der Waals surface area (Å²) in [5, 5.41) is 2.87. The molecule has 0 aromatic heterocycles. The lowest BCUT2D eigenvalue weighted by molar-refractivity contribution is 0.102. The molecule has 132 valence electrons. The number of carbonyl (C=O) groups is 1. The molecule has 0 spiro atoms. The summed E-state index contributed by atoms with van der Waals surface area (Å²) in [5.41, 5.74) is 3.41. The highest BCUT2D eigenvalue weighted by atomic mass is 16.5. The number of para-hydroxylation sites is 1. The Bertz CT molecular complexity index is 897. The fraction of sp³-hybridized carbons (Fsp3) is 0.136. The molecule has 0 aliphatic heterocycles. The summed E-state index contributed by atoms with van der Waals surface area (Å²) in [5.74, 6) is 2.05. The molecule has 0 fully saturated rings. The molecule has 4 heteroatoms. The third-order valence-corrected chi connectivity index (χ3v) is 4.07. The Kier molecular flexibility index (Phi) is 5.23. The predicted molar refractivity (Wildman–Crippen MR) is 103 cm³/mol. The van der Waals surface area contributed by atoms with E-state index in [2.05, 4.69) is 5.32 Å². The van der Waals surface area contributed by atoms with Crippen LogP contribution < -0.4 is 14.8 Å². The highest BCUT2D eigenvalue weighted by Gasteiger charge is 2.08. The molecule has 0 unspecified atom stereocenters. The largest absolute Gasteiger partial charge is 0.497 e. The molecule has 26 heavy (non-hydrogen) atoms. The van der Waals surface area contributed by atoms with Gasteiger partial charge in [0.2, 0.25) is 0 Å². The number of carbonyl (C=O) groups excluding carboxylic acids is 1. The number of aryl methyl sites for hydroxylation is 2. The van der Waals surface area contributed by atoms with Crippen molar-refractivity contribution in [2.75, 3.05) is 12.4 Å². The van der Waals surface area contributed by atoms with E-state index in [1.54, 1.807) is 31.4 Å². The van der Waals surface area contributed by atoms with Crippen molar-refractivity contribution in [3.8, 4) is 17.2 Å². The van der Waals surface area contributed by atoms with Gasteiger partial charge in [0, 0.05) is 11.3 Å². The van der Waals surface area contributed by atoms with E-state index in [1.165, 1.54) is 0 Å². The van der Waals surface area contributed by atoms with Gasteiger partial charge >= 0.3 is 0 Å². The van der Waals surface area contributed by atoms with Crippen molar-refractivity contribution in [3.05, 3.63) is 83.4 Å². The Morgan fingerprint density at radius 3 is 2.15 bits per heavy atom. The molecule has 3 rings (SSSR count). The summed E-state index contributed by atoms with van der Waals surface area (Å²) in [6, 6.07) is 20.4. The topological polar surface area (TPSA) is 47.6 Å². The molecule has 4 nitrogen and oxygen atoms in total. The summed E-state index contributed by atoms with van der Waals surface area (Å²) < 4.78 is 11.1. The van der Waals surface area contributed by atoms with Gasteiger partial charge < -0.3 is 14.8 Å². The normalized spacial score (nSPS) is 10.3. The molecule has 1 N–H and O–H groups in total. The number of amides is 1. The summed E-state index contributed by atoms with van der Waals surface area (Å²) in [7, 11) is 1.58. The minimum Gasteiger partial charge on any atom is -0.497 e. The van der Waals surface area contributed by atoms with Crippen LogP contribution in [0.15, 0.2) is 66.7 Å². The third kappa shape index (κ3) is 4.03. The SMILES string of the molecule is COc1cccc(C(=O)Nc2ccc(Oc3c(C)cccc3C)cc2)c1. The number of ether oxygens (including phenoxy) is 2. The number of anilines is 1. The average molecular weight is 347 g/mol. The minimum absolute atomic E-state index is 0.188. The van der Waals surface area contributed by atoms with Crippen molar-refractivity contribution in [2.24, 2.45) is 0 Å². The number of hydrogen-bond acceptors (Lipinski definition) is 3. The molecular formula is C22H21NO3. The van der Waals surface area contributed by atoms with Crippen LogP contribution in [0.5, 0.6) is 17.2 Å². The van der Waals surface area contributed by atoms with Crippen LogP contribution in [0, 0.1) is 13.8 Å². The van der Waals surface area contributed by atoms with Gasteiger partial charge in [-0.15, -0.1) is 0 Å². The molecule has 3 aromatic rings. The zero-order valence-electron chi connectivity index (χ0n) is 15.1. The molecule has 3 aromatic carbocycles. The number of methoxy groups -OCH3 is 1. The molecule has 0 radical (unpaired) electrons. The van der Waals surface area contributed by atoms with Crippen LogP contribution in [0.4, 0.5) is 5.69 Å². The van der Waals surface area contributed by atoms with Gasteiger partial charge in [-0.3, -0.25) is 4.79 Å². The van der Waals surface area contributed by atoms with E-state index in [-0.39, 0.29) is 5.91 Å². The third-order valence-electron chi connectivity index (χ3n) is 4.07. The second-order valence-corrected chi connectivity index (χ2v) is 6.03. The maximum Gasteiger partial charge on any atom is 0.255 e. The summed E-state index contributed by atoms with van der Waals surface area (Å²) in [4.78, 5) is 12.3. The van der Waals surface area contributed by atoms with Crippen molar-refractivity contribution >= 4 is 11.6 Å². The Hall–Kier alpha value is -3.27. The highest BCUT2D eigenvalue weighted by Crippen LogP contribution is 2.29. The fourth-order valence-electron chi connectivity index (χ4n) is 2.65. The first-order valence-electron chi connectivity index (χ1n) is 8.36. The van der Waals surface area contributed by atoms with Gasteiger partial charge in [0.15, 0.2) is 0 Å². The second-order valence-electron chi connectivity index (χ2n) is 6.03. The van der Waals surface area contributed by atoms with E-state index in [1.807, 2.05) is 56.3 Å². The van der Waals surface area contributed by atoms with Gasteiger partial charge in [-0.1, -0.05) is 24.3 Å². The fourth-order valence-corrected chi connectivity index (χ4v) is 2.65. The molecule has 1 amide bonds. The standard InChI is InChI=1S/C22H21NO3/c1-15-6-4-7-16(2)21(15)26-19-12-10-18(11-13-19)23-22(24)17-8-5-9-20(14-17)25-3/h4-14H,1-3H3,(H,23,24). The molecule has 0 saturated carbocycles. The Morgan fingerprint density at radius 1 is 0.846 bits per heavy atom. The second kappa shape index (κ2) is 7.74. The van der Waals surface area contributed by atoms with Crippen molar-refractivity contribution in [1.29, 1.82) is 0 Å². The minimum atomic E-state index is -0.188. The first-order chi connectivity index (χ1) is 12.6. The molecule has 0 heterocycles. The summed E-state index contributed by atoms with van der Waals surface area (Å²) >= 11 is 0. The van der Waals surface area contributed by atoms with Crippen molar-refractivity contribution in [1.82, 2.24) is 0 Å². The van der Waals surface area contributed by atoms with Crippen molar-refractivity contribution in [2.45, 2.75) is 13.8 Å². The highest BCUT2D eigenvalue weighted by molar-refractivity contribution is 6.04. The Morgan fingerprint density at radius 2 is 1.50 bits per heavy atom. The number of benzene rings is 3. The van der Waals surface area contributed by atoms with Crippen LogP contribution in [0.3, 0.4) is 0 Å². The van der Waals surface area contributed by atoms with E-state index in [0.29, 0.717) is 17.0 Å². The molecule has 0 aliphatic carbocycles. The van der Waals surface area contributed by atoms with E-state index in [9.17, 15) is 4.79 Å². The predicted octanol–water partition coefficient (Wildman–Crippen LogP) is 5.36. The Balaban J connectivity index is 1.70. The maximum absolute atomic E-state index is 12.3. The van der Waals surface area contributed by atoms with Gasteiger partial charge in [0.25, 0.3) is 5.91 Å². The maximum atomic E-state index is 12.3. The lowest BCUT2D eigenvalue weighted by Crippen LogP contribution is -2.11. The van der Waals surface area contributed by atoms with Gasteiger partial charge in [-0.2, -0.15) is 0 Å². The van der Waals surface area contributed by atoms with E-state index in [0.717, 1.165) is 22.6 Å². The first kappa shape index (κ1) is 17.5. The first-order valence-corrected chi connectivity index (χ1v) is 8.36. The van der Waals surface area contributed by atoms with E-state index >= 15 is 0 Å². The van der Waals surface area contributed by atoms with Crippen molar-refractivity contribution in [3.63, 3.8) is 0 Å². The van der Waals surface area contributed by atoms with Gasteiger partial charge in [-0.25, -0.2) is 0 Å². The molecule has 0 bridgehead atoms. The molecular weight excluding hydrogens is 326 g/mol. The molecule has 0 atom stereocenters. The quantitative estimate of drug-likeness (QED) is 0.676. The Labute approximate surface area is 153 Å². The monoisotopic (exact) mass is 347 g/mol. The van der Waals surface area contributed by atoms with Crippen LogP contribution in [0.1, 0.15) is 21.5 Å². The number of nitrogens with one attached hydrogen (secondary N) is 1. The van der Waals surface area contributed by atoms with Crippen LogP contribution in [0.2, 0.25) is 0 Å². The van der Waals surface area contributed by atoms with E-state index in [4.69, 9.17) is 9.47 Å². The number of rotatable bonds is 5. The summed E-state index contributed by atoms with van der Waals surface area (Å²) in [6.45, 7) is 4.04. The van der Waals surface area contributed by atoms with E-state index < -0.39 is 0 Å². The van der Waals surface area contributed by atoms with Gasteiger partial charge in [0.1, 0.15) is 17.2 Å². The summed E-state index contributed by atoms with van der Waals surface area (Å²) in [6.07, 6.45) is 0. The van der Waals surface area contributed by atoms with Crippen LogP contribution >= 0.6 is 0 Å². The van der Waals surface area contributed by atoms with Crippen LogP contribution in [-0.2, 0) is 0 Å². The zero-order valence-corrected chi connectivity index (χ0v) is 15.1. The van der Waals surface area contributed by atoms with Crippen molar-refractivity contribution < 1.29 is 14.3 Å². The lowest BCUT2D eigenvalue weighted by Gasteiger charge is -2.12. The smallest absolute Gasteiger partial charge is 0.255 e. The molecule has 0 aliphatic rings. The lowest BCUT2D eigenvalue weighted by atomic mass is 10.1. The zero-order chi connectivity index (χ0) is 18.5.